The lowest BCUT2D eigenvalue weighted by molar-refractivity contribution is -0.0588. The molecule has 0 saturated carbocycles. The summed E-state index contributed by atoms with van der Waals surface area (Å²) >= 11 is 0. The number of fused-ring (bicyclic) bond motifs is 1. The Morgan fingerprint density at radius 3 is 2.83 bits per heavy atom. The summed E-state index contributed by atoms with van der Waals surface area (Å²) in [5, 5.41) is 8.88. The number of hydrogen-bond acceptors (Lipinski definition) is 3. The van der Waals surface area contributed by atoms with Crippen LogP contribution in [0.3, 0.4) is 0 Å². The minimum atomic E-state index is -2.93. The predicted molar refractivity (Wildman–Crippen MR) is 64.6 cm³/mol. The number of nitrogens with zero attached hydrogens (tertiary/aromatic N) is 2. The average molecular weight is 256 g/mol. The fourth-order valence-corrected chi connectivity index (χ4v) is 2.25. The summed E-state index contributed by atoms with van der Waals surface area (Å²) in [7, 11) is 0. The topological polar surface area (TPSA) is 36.4 Å². The van der Waals surface area contributed by atoms with E-state index in [0.717, 1.165) is 5.56 Å². The van der Waals surface area contributed by atoms with Gasteiger partial charge in [-0.3, -0.25) is 9.88 Å². The Kier molecular flexibility index (Phi) is 3.64. The molecular weight excluding hydrogens is 238 g/mol. The Morgan fingerprint density at radius 1 is 1.50 bits per heavy atom. The van der Waals surface area contributed by atoms with Crippen LogP contribution in [0.15, 0.2) is 12.3 Å². The van der Waals surface area contributed by atoms with Crippen LogP contribution in [0.1, 0.15) is 36.6 Å². The van der Waals surface area contributed by atoms with Crippen LogP contribution in [0.2, 0.25) is 0 Å². The molecule has 0 unspecified atom stereocenters. The van der Waals surface area contributed by atoms with Gasteiger partial charge < -0.3 is 5.11 Å². The molecule has 0 amide bonds. The Bertz CT molecular complexity index is 435. The highest BCUT2D eigenvalue weighted by atomic mass is 19.3. The molecule has 1 aromatic rings. The summed E-state index contributed by atoms with van der Waals surface area (Å²) in [5.74, 6) is -2.66. The molecular formula is C13H18F2N2O. The van der Waals surface area contributed by atoms with Crippen LogP contribution in [0.25, 0.3) is 0 Å². The third-order valence-electron chi connectivity index (χ3n) is 3.23. The van der Waals surface area contributed by atoms with Gasteiger partial charge in [-0.2, -0.15) is 8.78 Å². The number of hydrogen-bond donors (Lipinski definition) is 1. The highest BCUT2D eigenvalue weighted by Gasteiger charge is 2.41. The van der Waals surface area contributed by atoms with E-state index < -0.39 is 5.92 Å². The van der Waals surface area contributed by atoms with Crippen molar-refractivity contribution in [2.45, 2.75) is 32.2 Å². The molecule has 2 rings (SSSR count). The summed E-state index contributed by atoms with van der Waals surface area (Å²) in [6.45, 7) is 4.24. The Labute approximate surface area is 105 Å². The largest absolute Gasteiger partial charge is 0.395 e. The smallest absolute Gasteiger partial charge is 0.302 e. The molecule has 0 aromatic carbocycles. The molecule has 18 heavy (non-hydrogen) atoms. The zero-order chi connectivity index (χ0) is 13.3. The van der Waals surface area contributed by atoms with Crippen molar-refractivity contribution in [2.75, 3.05) is 19.7 Å². The molecule has 1 aliphatic heterocycles. The molecule has 0 fully saturated rings. The van der Waals surface area contributed by atoms with Crippen LogP contribution >= 0.6 is 0 Å². The number of aromatic nitrogens is 1. The fourth-order valence-electron chi connectivity index (χ4n) is 2.25. The molecule has 0 bridgehead atoms. The van der Waals surface area contributed by atoms with Crippen molar-refractivity contribution >= 4 is 0 Å². The van der Waals surface area contributed by atoms with Gasteiger partial charge in [-0.25, -0.2) is 0 Å². The number of pyridine rings is 1. The third kappa shape index (κ3) is 2.52. The summed E-state index contributed by atoms with van der Waals surface area (Å²) < 4.78 is 27.8. The zero-order valence-corrected chi connectivity index (χ0v) is 10.7. The molecule has 0 aliphatic carbocycles. The summed E-state index contributed by atoms with van der Waals surface area (Å²) in [4.78, 5) is 5.51. The summed E-state index contributed by atoms with van der Waals surface area (Å²) in [5.41, 5.74) is 1.43. The van der Waals surface area contributed by atoms with E-state index in [0.29, 0.717) is 12.1 Å². The minimum Gasteiger partial charge on any atom is -0.395 e. The standard InChI is InChI=1S/C13H18F2N2O/c1-9(2)10-5-11-7-17(3-4-18)8-13(14,15)12(11)16-6-10/h5-6,9,18H,3-4,7-8H2,1-2H3. The van der Waals surface area contributed by atoms with Crippen LogP contribution in [-0.4, -0.2) is 34.7 Å². The van der Waals surface area contributed by atoms with Gasteiger partial charge >= 0.3 is 5.92 Å². The molecule has 1 aromatic heterocycles. The van der Waals surface area contributed by atoms with Crippen molar-refractivity contribution < 1.29 is 13.9 Å². The molecule has 0 spiro atoms. The molecule has 5 heteroatoms. The minimum absolute atomic E-state index is 0.108. The highest BCUT2D eigenvalue weighted by molar-refractivity contribution is 5.31. The average Bonchev–Trinajstić information content (AvgIpc) is 2.27. The van der Waals surface area contributed by atoms with Gasteiger partial charge in [0.15, 0.2) is 0 Å². The Morgan fingerprint density at radius 2 is 2.22 bits per heavy atom. The molecule has 1 N–H and O–H groups in total. The first-order chi connectivity index (χ1) is 8.44. The second-order valence-corrected chi connectivity index (χ2v) is 5.07. The van der Waals surface area contributed by atoms with Crippen molar-refractivity contribution in [2.24, 2.45) is 0 Å². The Balaban J connectivity index is 2.36. The first-order valence-electron chi connectivity index (χ1n) is 6.14. The normalized spacial score (nSPS) is 19.0. The van der Waals surface area contributed by atoms with Gasteiger partial charge in [0.1, 0.15) is 5.69 Å². The lowest BCUT2D eigenvalue weighted by atomic mass is 9.97. The number of aliphatic hydroxyl groups is 1. The van der Waals surface area contributed by atoms with Crippen molar-refractivity contribution in [3.05, 3.63) is 29.1 Å². The van der Waals surface area contributed by atoms with Crippen molar-refractivity contribution in [1.29, 1.82) is 0 Å². The maximum absolute atomic E-state index is 13.9. The van der Waals surface area contributed by atoms with E-state index in [1.54, 1.807) is 11.1 Å². The van der Waals surface area contributed by atoms with Crippen LogP contribution in [0.5, 0.6) is 0 Å². The quantitative estimate of drug-likeness (QED) is 0.899. The van der Waals surface area contributed by atoms with E-state index in [1.807, 2.05) is 19.9 Å². The van der Waals surface area contributed by atoms with Crippen molar-refractivity contribution in [3.8, 4) is 0 Å². The van der Waals surface area contributed by atoms with Crippen LogP contribution < -0.4 is 0 Å². The predicted octanol–water partition coefficient (Wildman–Crippen LogP) is 2.10. The van der Waals surface area contributed by atoms with Crippen LogP contribution in [-0.2, 0) is 12.5 Å². The lowest BCUT2D eigenvalue weighted by Crippen LogP contribution is -2.42. The van der Waals surface area contributed by atoms with Crippen molar-refractivity contribution in [1.82, 2.24) is 9.88 Å². The molecule has 1 aliphatic rings. The number of β-amino-alcohol motifs (C(OH)–C–C–N with tert-alkyl or cyclic N) is 1. The number of aliphatic hydroxyl groups excluding tert-OH is 1. The molecule has 100 valence electrons. The first-order valence-corrected chi connectivity index (χ1v) is 6.14. The number of rotatable bonds is 3. The zero-order valence-electron chi connectivity index (χ0n) is 10.7. The van der Waals surface area contributed by atoms with Gasteiger partial charge in [0.05, 0.1) is 13.2 Å². The summed E-state index contributed by atoms with van der Waals surface area (Å²) in [6, 6.07) is 1.81. The van der Waals surface area contributed by atoms with Gasteiger partial charge in [-0.1, -0.05) is 19.9 Å². The van der Waals surface area contributed by atoms with Gasteiger partial charge in [0.2, 0.25) is 0 Å². The van der Waals surface area contributed by atoms with E-state index in [1.165, 1.54) is 0 Å². The van der Waals surface area contributed by atoms with Gasteiger partial charge in [-0.15, -0.1) is 0 Å². The van der Waals surface area contributed by atoms with Gasteiger partial charge in [0, 0.05) is 19.3 Å². The van der Waals surface area contributed by atoms with E-state index in [9.17, 15) is 8.78 Å². The third-order valence-corrected chi connectivity index (χ3v) is 3.23. The lowest BCUT2D eigenvalue weighted by Gasteiger charge is -2.33. The number of halogens is 2. The first kappa shape index (κ1) is 13.4. The number of alkyl halides is 2. The van der Waals surface area contributed by atoms with Gasteiger partial charge in [0.25, 0.3) is 0 Å². The molecule has 0 atom stereocenters. The molecule has 3 nitrogen and oxygen atoms in total. The van der Waals surface area contributed by atoms with E-state index in [4.69, 9.17) is 5.11 Å². The van der Waals surface area contributed by atoms with E-state index in [2.05, 4.69) is 4.98 Å². The van der Waals surface area contributed by atoms with Gasteiger partial charge in [-0.05, 0) is 17.0 Å². The molecule has 2 heterocycles. The SMILES string of the molecule is CC(C)c1cnc2c(c1)CN(CCO)CC2(F)F. The van der Waals surface area contributed by atoms with E-state index >= 15 is 0 Å². The van der Waals surface area contributed by atoms with E-state index in [-0.39, 0.29) is 31.3 Å². The second kappa shape index (κ2) is 4.90. The Hall–Kier alpha value is -1.07. The maximum atomic E-state index is 13.9. The molecule has 0 radical (unpaired) electrons. The monoisotopic (exact) mass is 256 g/mol. The molecule has 0 saturated heterocycles. The second-order valence-electron chi connectivity index (χ2n) is 5.07. The van der Waals surface area contributed by atoms with Crippen LogP contribution in [0.4, 0.5) is 8.78 Å². The maximum Gasteiger partial charge on any atom is 0.302 e. The highest BCUT2D eigenvalue weighted by Crippen LogP contribution is 2.35. The summed E-state index contributed by atoms with van der Waals surface area (Å²) in [6.07, 6.45) is 1.54. The van der Waals surface area contributed by atoms with Crippen LogP contribution in [0, 0.1) is 0 Å². The van der Waals surface area contributed by atoms with Crippen molar-refractivity contribution in [3.63, 3.8) is 0 Å². The fraction of sp³-hybridized carbons (Fsp3) is 0.615.